The third-order valence-corrected chi connectivity index (χ3v) is 4.24. The number of benzene rings is 1. The molecule has 0 saturated carbocycles. The van der Waals surface area contributed by atoms with E-state index in [4.69, 9.17) is 14.6 Å². The summed E-state index contributed by atoms with van der Waals surface area (Å²) in [7, 11) is 3.98. The number of carbonyl (C=O) groups excluding carboxylic acids is 2. The van der Waals surface area contributed by atoms with Crippen LogP contribution in [0.2, 0.25) is 0 Å². The van der Waals surface area contributed by atoms with Crippen LogP contribution in [0.1, 0.15) is 30.4 Å². The van der Waals surface area contributed by atoms with E-state index in [1.165, 1.54) is 4.57 Å². The van der Waals surface area contributed by atoms with E-state index in [0.717, 1.165) is 35.0 Å². The van der Waals surface area contributed by atoms with E-state index < -0.39 is 24.8 Å². The van der Waals surface area contributed by atoms with Crippen molar-refractivity contribution in [1.82, 2.24) is 9.47 Å². The summed E-state index contributed by atoms with van der Waals surface area (Å²) in [6.07, 6.45) is 1.93. The zero-order valence-electron chi connectivity index (χ0n) is 16.4. The van der Waals surface area contributed by atoms with Gasteiger partial charge in [0.1, 0.15) is 0 Å². The van der Waals surface area contributed by atoms with Crippen LogP contribution in [-0.2, 0) is 25.5 Å². The normalized spacial score (nSPS) is 11.0. The van der Waals surface area contributed by atoms with Crippen molar-refractivity contribution in [2.24, 2.45) is 0 Å². The molecular formula is C20H26N2O6. The first-order chi connectivity index (χ1) is 13.3. The molecule has 8 nitrogen and oxygen atoms in total. The number of aromatic nitrogens is 1. The molecule has 1 aromatic carbocycles. The van der Waals surface area contributed by atoms with Crippen LogP contribution in [0.5, 0.6) is 0 Å². The molecule has 152 valence electrons. The topological polar surface area (TPSA) is 98.1 Å². The molecule has 0 spiro atoms. The van der Waals surface area contributed by atoms with Crippen LogP contribution in [0.15, 0.2) is 24.4 Å². The lowest BCUT2D eigenvalue weighted by Gasteiger charge is -2.08. The Hall–Kier alpha value is -2.87. The molecule has 0 fully saturated rings. The number of fused-ring (bicyclic) bond motifs is 1. The van der Waals surface area contributed by atoms with Gasteiger partial charge in [0.15, 0.2) is 0 Å². The van der Waals surface area contributed by atoms with E-state index in [1.807, 2.05) is 39.2 Å². The molecule has 1 N–H and O–H groups in total. The van der Waals surface area contributed by atoms with Gasteiger partial charge in [-0.1, -0.05) is 11.6 Å². The van der Waals surface area contributed by atoms with E-state index in [-0.39, 0.29) is 19.3 Å². The predicted octanol–water partition coefficient (Wildman–Crippen LogP) is 2.79. The highest BCUT2D eigenvalue weighted by atomic mass is 16.7. The Morgan fingerprint density at radius 3 is 2.57 bits per heavy atom. The first-order valence-corrected chi connectivity index (χ1v) is 9.08. The van der Waals surface area contributed by atoms with Gasteiger partial charge in [-0.2, -0.15) is 0 Å². The largest absolute Gasteiger partial charge is 0.481 e. The second-order valence-corrected chi connectivity index (χ2v) is 6.89. The molecule has 2 rings (SSSR count). The number of carbonyl (C=O) groups is 3. The quantitative estimate of drug-likeness (QED) is 0.519. The molecule has 0 radical (unpaired) electrons. The van der Waals surface area contributed by atoms with Crippen LogP contribution in [0, 0.1) is 6.92 Å². The Labute approximate surface area is 163 Å². The minimum Gasteiger partial charge on any atom is -0.481 e. The smallest absolute Gasteiger partial charge is 0.421 e. The fourth-order valence-electron chi connectivity index (χ4n) is 2.78. The van der Waals surface area contributed by atoms with Crippen LogP contribution in [0.4, 0.5) is 4.79 Å². The molecule has 0 aliphatic carbocycles. The molecule has 0 aliphatic heterocycles. The summed E-state index contributed by atoms with van der Waals surface area (Å²) in [4.78, 5) is 36.5. The van der Waals surface area contributed by atoms with Crippen molar-refractivity contribution in [2.75, 3.05) is 27.4 Å². The maximum absolute atomic E-state index is 12.4. The summed E-state index contributed by atoms with van der Waals surface area (Å²) in [5, 5.41) is 9.54. The number of aliphatic carboxylic acids is 1. The van der Waals surface area contributed by atoms with Crippen LogP contribution < -0.4 is 0 Å². The van der Waals surface area contributed by atoms with Gasteiger partial charge in [-0.15, -0.1) is 0 Å². The maximum Gasteiger partial charge on any atom is 0.421 e. The summed E-state index contributed by atoms with van der Waals surface area (Å²) in [6, 6.07) is 5.82. The second-order valence-electron chi connectivity index (χ2n) is 6.89. The first-order valence-electron chi connectivity index (χ1n) is 9.08. The lowest BCUT2D eigenvalue weighted by atomic mass is 10.1. The molecule has 2 aromatic rings. The number of hydrogen-bond donors (Lipinski definition) is 1. The van der Waals surface area contributed by atoms with Gasteiger partial charge in [0.25, 0.3) is 0 Å². The summed E-state index contributed by atoms with van der Waals surface area (Å²) in [6.45, 7) is 2.33. The van der Waals surface area contributed by atoms with Gasteiger partial charge in [-0.3, -0.25) is 14.2 Å². The minimum atomic E-state index is -0.973. The molecule has 0 unspecified atom stereocenters. The molecule has 0 saturated heterocycles. The van der Waals surface area contributed by atoms with Crippen molar-refractivity contribution in [3.05, 3.63) is 35.5 Å². The van der Waals surface area contributed by atoms with Gasteiger partial charge in [0.2, 0.25) is 6.79 Å². The van der Waals surface area contributed by atoms with Gasteiger partial charge in [-0.05, 0) is 51.6 Å². The average molecular weight is 390 g/mol. The van der Waals surface area contributed by atoms with E-state index in [9.17, 15) is 14.4 Å². The number of carboxylic acids is 1. The zero-order chi connectivity index (χ0) is 20.7. The van der Waals surface area contributed by atoms with Gasteiger partial charge in [0.05, 0.1) is 5.52 Å². The van der Waals surface area contributed by atoms with E-state index in [1.54, 1.807) is 6.20 Å². The third kappa shape index (κ3) is 6.09. The van der Waals surface area contributed by atoms with E-state index in [2.05, 4.69) is 4.90 Å². The Kier molecular flexibility index (Phi) is 7.57. The van der Waals surface area contributed by atoms with Crippen molar-refractivity contribution in [2.45, 2.75) is 32.6 Å². The van der Waals surface area contributed by atoms with Crippen molar-refractivity contribution >= 4 is 28.9 Å². The Balaban J connectivity index is 2.00. The number of hydrogen-bond acceptors (Lipinski definition) is 6. The van der Waals surface area contributed by atoms with Gasteiger partial charge in [-0.25, -0.2) is 4.79 Å². The maximum atomic E-state index is 12.4. The van der Waals surface area contributed by atoms with Gasteiger partial charge >= 0.3 is 18.0 Å². The number of carboxylic acid groups (broad SMARTS) is 1. The Bertz CT molecular complexity index is 856. The Morgan fingerprint density at radius 1 is 1.14 bits per heavy atom. The zero-order valence-corrected chi connectivity index (χ0v) is 16.4. The SMILES string of the molecule is Cc1ccc2c(c1)c(CCN(C)C)cn2C(=O)OCOC(=O)CCCC(=O)O. The summed E-state index contributed by atoms with van der Waals surface area (Å²) < 4.78 is 11.3. The summed E-state index contributed by atoms with van der Waals surface area (Å²) >= 11 is 0. The van der Waals surface area contributed by atoms with Crippen molar-refractivity contribution < 1.29 is 29.0 Å². The highest BCUT2D eigenvalue weighted by molar-refractivity contribution is 5.92. The fourth-order valence-corrected chi connectivity index (χ4v) is 2.78. The lowest BCUT2D eigenvalue weighted by molar-refractivity contribution is -0.152. The molecule has 28 heavy (non-hydrogen) atoms. The van der Waals surface area contributed by atoms with E-state index in [0.29, 0.717) is 0 Å². The Morgan fingerprint density at radius 2 is 1.89 bits per heavy atom. The molecule has 1 aromatic heterocycles. The number of rotatable bonds is 9. The molecule has 0 amide bonds. The standard InChI is InChI=1S/C20H26N2O6/c1-14-7-8-17-16(11-14)15(9-10-21(2)3)12-22(17)20(26)28-13-27-19(25)6-4-5-18(23)24/h7-8,11-12H,4-6,9-10,13H2,1-3H3,(H,23,24). The number of ether oxygens (including phenoxy) is 2. The molecule has 0 atom stereocenters. The molecular weight excluding hydrogens is 364 g/mol. The minimum absolute atomic E-state index is 0.0374. The van der Waals surface area contributed by atoms with Crippen molar-refractivity contribution in [3.8, 4) is 0 Å². The molecule has 8 heteroatoms. The van der Waals surface area contributed by atoms with Gasteiger partial charge in [0, 0.05) is 31.0 Å². The molecule has 0 bridgehead atoms. The van der Waals surface area contributed by atoms with Gasteiger partial charge < -0.3 is 19.5 Å². The van der Waals surface area contributed by atoms with Crippen LogP contribution in [0.25, 0.3) is 10.9 Å². The van der Waals surface area contributed by atoms with Crippen LogP contribution in [0.3, 0.4) is 0 Å². The van der Waals surface area contributed by atoms with E-state index >= 15 is 0 Å². The second kappa shape index (κ2) is 9.89. The van der Waals surface area contributed by atoms with Crippen molar-refractivity contribution in [1.29, 1.82) is 0 Å². The predicted molar refractivity (Wildman–Crippen MR) is 103 cm³/mol. The number of esters is 1. The van der Waals surface area contributed by atoms with Crippen LogP contribution in [-0.4, -0.2) is 60.0 Å². The third-order valence-electron chi connectivity index (χ3n) is 4.24. The molecule has 1 heterocycles. The highest BCUT2D eigenvalue weighted by Crippen LogP contribution is 2.24. The lowest BCUT2D eigenvalue weighted by Crippen LogP contribution is -2.17. The first kappa shape index (κ1) is 21.4. The van der Waals surface area contributed by atoms with Crippen molar-refractivity contribution in [3.63, 3.8) is 0 Å². The number of likely N-dealkylation sites (N-methyl/N-ethyl adjacent to an activating group) is 1. The highest BCUT2D eigenvalue weighted by Gasteiger charge is 2.16. The summed E-state index contributed by atoms with van der Waals surface area (Å²) in [5.41, 5.74) is 2.87. The average Bonchev–Trinajstić information content (AvgIpc) is 2.97. The number of aryl methyl sites for hydroxylation is 1. The monoisotopic (exact) mass is 390 g/mol. The fraction of sp³-hybridized carbons (Fsp3) is 0.450. The summed E-state index contributed by atoms with van der Waals surface area (Å²) in [5.74, 6) is -1.58. The number of nitrogens with zero attached hydrogens (tertiary/aromatic N) is 2. The molecule has 0 aliphatic rings. The van der Waals surface area contributed by atoms with Crippen LogP contribution >= 0.6 is 0 Å².